The lowest BCUT2D eigenvalue weighted by atomic mass is 10.1. The van der Waals surface area contributed by atoms with Crippen molar-refractivity contribution >= 4 is 50.7 Å². The molecular weight excluding hydrogens is 533 g/mol. The minimum Gasteiger partial charge on any atom is -0.354 e. The van der Waals surface area contributed by atoms with E-state index in [4.69, 9.17) is 23.2 Å². The molecule has 37 heavy (non-hydrogen) atoms. The summed E-state index contributed by atoms with van der Waals surface area (Å²) in [4.78, 5) is 27.9. The highest BCUT2D eigenvalue weighted by atomic mass is 35.5. The fraction of sp³-hybridized carbons (Fsp3) is 0.259. The van der Waals surface area contributed by atoms with Crippen LogP contribution < -0.4 is 9.62 Å². The van der Waals surface area contributed by atoms with Crippen LogP contribution in [0.1, 0.15) is 25.8 Å². The summed E-state index contributed by atoms with van der Waals surface area (Å²) in [6.45, 7) is 3.61. The lowest BCUT2D eigenvalue weighted by Gasteiger charge is -2.32. The SMILES string of the molecule is CCCNC(=O)C(C)N(Cc1ccc(Cl)cc1)C(=O)CN(c1ccccc1)S(=O)(=O)c1ccc(Cl)cc1. The van der Waals surface area contributed by atoms with Gasteiger partial charge < -0.3 is 10.2 Å². The molecule has 1 N–H and O–H groups in total. The fourth-order valence-corrected chi connectivity index (χ4v) is 5.29. The van der Waals surface area contributed by atoms with Gasteiger partial charge in [0, 0.05) is 23.1 Å². The van der Waals surface area contributed by atoms with Crippen LogP contribution in [0.2, 0.25) is 10.0 Å². The van der Waals surface area contributed by atoms with Crippen LogP contribution in [-0.2, 0) is 26.2 Å². The van der Waals surface area contributed by atoms with E-state index < -0.39 is 28.5 Å². The van der Waals surface area contributed by atoms with Crippen LogP contribution in [0.3, 0.4) is 0 Å². The highest BCUT2D eigenvalue weighted by Gasteiger charge is 2.32. The van der Waals surface area contributed by atoms with E-state index in [1.807, 2.05) is 6.92 Å². The summed E-state index contributed by atoms with van der Waals surface area (Å²) in [5, 5.41) is 3.74. The van der Waals surface area contributed by atoms with E-state index in [-0.39, 0.29) is 17.3 Å². The predicted molar refractivity (Wildman–Crippen MR) is 147 cm³/mol. The van der Waals surface area contributed by atoms with Gasteiger partial charge in [0.2, 0.25) is 11.8 Å². The third-order valence-electron chi connectivity index (χ3n) is 5.71. The Hall–Kier alpha value is -3.07. The summed E-state index contributed by atoms with van der Waals surface area (Å²) in [7, 11) is -4.13. The Bertz CT molecular complexity index is 1300. The number of sulfonamides is 1. The zero-order valence-corrected chi connectivity index (χ0v) is 22.9. The van der Waals surface area contributed by atoms with Crippen LogP contribution in [-0.4, -0.2) is 44.3 Å². The molecule has 0 saturated heterocycles. The van der Waals surface area contributed by atoms with Gasteiger partial charge in [-0.25, -0.2) is 8.42 Å². The summed E-state index contributed by atoms with van der Waals surface area (Å²) in [6.07, 6.45) is 0.741. The van der Waals surface area contributed by atoms with Crippen molar-refractivity contribution in [3.63, 3.8) is 0 Å². The second-order valence-corrected chi connectivity index (χ2v) is 11.2. The smallest absolute Gasteiger partial charge is 0.264 e. The van der Waals surface area contributed by atoms with Crippen molar-refractivity contribution in [3.8, 4) is 0 Å². The molecule has 1 unspecified atom stereocenters. The van der Waals surface area contributed by atoms with Gasteiger partial charge in [0.05, 0.1) is 10.6 Å². The monoisotopic (exact) mass is 561 g/mol. The van der Waals surface area contributed by atoms with Crippen LogP contribution in [0.15, 0.2) is 83.8 Å². The van der Waals surface area contributed by atoms with Gasteiger partial charge in [0.1, 0.15) is 12.6 Å². The lowest BCUT2D eigenvalue weighted by molar-refractivity contribution is -0.139. The van der Waals surface area contributed by atoms with Crippen LogP contribution in [0.25, 0.3) is 0 Å². The molecule has 0 saturated carbocycles. The van der Waals surface area contributed by atoms with Gasteiger partial charge in [-0.05, 0) is 67.4 Å². The zero-order chi connectivity index (χ0) is 27.0. The highest BCUT2D eigenvalue weighted by Crippen LogP contribution is 2.25. The fourth-order valence-electron chi connectivity index (χ4n) is 3.62. The Morgan fingerprint density at radius 1 is 0.892 bits per heavy atom. The van der Waals surface area contributed by atoms with E-state index in [1.165, 1.54) is 29.2 Å². The summed E-state index contributed by atoms with van der Waals surface area (Å²) in [6, 6.07) is 20.2. The number of hydrogen-bond donors (Lipinski definition) is 1. The number of halogens is 2. The van der Waals surface area contributed by atoms with Crippen LogP contribution in [0.5, 0.6) is 0 Å². The molecule has 0 aliphatic rings. The summed E-state index contributed by atoms with van der Waals surface area (Å²) < 4.78 is 28.4. The van der Waals surface area contributed by atoms with Crippen molar-refractivity contribution in [2.24, 2.45) is 0 Å². The Morgan fingerprint density at radius 2 is 1.46 bits per heavy atom. The van der Waals surface area contributed by atoms with E-state index in [1.54, 1.807) is 61.5 Å². The van der Waals surface area contributed by atoms with Gasteiger partial charge in [-0.3, -0.25) is 13.9 Å². The molecule has 0 radical (unpaired) electrons. The molecule has 0 bridgehead atoms. The second kappa shape index (κ2) is 12.9. The van der Waals surface area contributed by atoms with Crippen molar-refractivity contribution in [1.82, 2.24) is 10.2 Å². The molecule has 0 aliphatic heterocycles. The van der Waals surface area contributed by atoms with Crippen molar-refractivity contribution in [2.75, 3.05) is 17.4 Å². The van der Waals surface area contributed by atoms with Crippen LogP contribution in [0, 0.1) is 0 Å². The third kappa shape index (κ3) is 7.47. The molecule has 3 rings (SSSR count). The van der Waals surface area contributed by atoms with Crippen molar-refractivity contribution in [1.29, 1.82) is 0 Å². The molecule has 1 atom stereocenters. The van der Waals surface area contributed by atoms with E-state index in [2.05, 4.69) is 5.32 Å². The summed E-state index contributed by atoms with van der Waals surface area (Å²) in [5.74, 6) is -0.855. The standard InChI is InChI=1S/C27H29Cl2N3O4S/c1-3-17-30-27(34)20(2)31(18-21-9-11-22(28)12-10-21)26(33)19-32(24-7-5-4-6-8-24)37(35,36)25-15-13-23(29)14-16-25/h4-16,20H,3,17-19H2,1-2H3,(H,30,34). The molecule has 3 aromatic rings. The summed E-state index contributed by atoms with van der Waals surface area (Å²) >= 11 is 12.0. The number of carbonyl (C=O) groups is 2. The number of nitrogens with one attached hydrogen (secondary N) is 1. The minimum atomic E-state index is -4.13. The first-order valence-electron chi connectivity index (χ1n) is 11.8. The van der Waals surface area contributed by atoms with Gasteiger partial charge in [-0.1, -0.05) is 60.5 Å². The molecule has 0 aliphatic carbocycles. The van der Waals surface area contributed by atoms with Gasteiger partial charge in [-0.2, -0.15) is 0 Å². The van der Waals surface area contributed by atoms with Gasteiger partial charge in [-0.15, -0.1) is 0 Å². The van der Waals surface area contributed by atoms with Gasteiger partial charge in [0.15, 0.2) is 0 Å². The Morgan fingerprint density at radius 3 is 2.03 bits per heavy atom. The molecule has 0 heterocycles. The van der Waals surface area contributed by atoms with Crippen molar-refractivity contribution in [2.45, 2.75) is 37.8 Å². The normalized spacial score (nSPS) is 12.0. The molecular formula is C27H29Cl2N3O4S. The Balaban J connectivity index is 1.98. The lowest BCUT2D eigenvalue weighted by Crippen LogP contribution is -2.51. The number of rotatable bonds is 11. The van der Waals surface area contributed by atoms with Crippen LogP contribution >= 0.6 is 23.2 Å². The molecule has 10 heteroatoms. The van der Waals surface area contributed by atoms with Gasteiger partial charge >= 0.3 is 0 Å². The topological polar surface area (TPSA) is 86.8 Å². The number of anilines is 1. The maximum absolute atomic E-state index is 13.7. The molecule has 0 spiro atoms. The predicted octanol–water partition coefficient (Wildman–Crippen LogP) is 5.13. The number of benzene rings is 3. The first-order valence-corrected chi connectivity index (χ1v) is 14.0. The van der Waals surface area contributed by atoms with E-state index >= 15 is 0 Å². The maximum atomic E-state index is 13.7. The van der Waals surface area contributed by atoms with E-state index in [0.29, 0.717) is 22.3 Å². The van der Waals surface area contributed by atoms with E-state index in [9.17, 15) is 18.0 Å². The largest absolute Gasteiger partial charge is 0.354 e. The number of amides is 2. The molecule has 7 nitrogen and oxygen atoms in total. The first kappa shape index (κ1) is 28.5. The molecule has 3 aromatic carbocycles. The highest BCUT2D eigenvalue weighted by molar-refractivity contribution is 7.92. The number of nitrogens with zero attached hydrogens (tertiary/aromatic N) is 2. The average molecular weight is 563 g/mol. The summed E-state index contributed by atoms with van der Waals surface area (Å²) in [5.41, 5.74) is 1.07. The maximum Gasteiger partial charge on any atom is 0.264 e. The number of carbonyl (C=O) groups excluding carboxylic acids is 2. The van der Waals surface area contributed by atoms with Gasteiger partial charge in [0.25, 0.3) is 10.0 Å². The first-order chi connectivity index (χ1) is 17.6. The number of para-hydroxylation sites is 1. The third-order valence-corrected chi connectivity index (χ3v) is 8.00. The molecule has 0 aromatic heterocycles. The number of hydrogen-bond acceptors (Lipinski definition) is 4. The molecule has 196 valence electrons. The van der Waals surface area contributed by atoms with Crippen LogP contribution in [0.4, 0.5) is 5.69 Å². The van der Waals surface area contributed by atoms with Crippen molar-refractivity contribution < 1.29 is 18.0 Å². The quantitative estimate of drug-likeness (QED) is 0.351. The molecule has 2 amide bonds. The molecule has 0 fully saturated rings. The minimum absolute atomic E-state index is 0.00783. The zero-order valence-electron chi connectivity index (χ0n) is 20.6. The van der Waals surface area contributed by atoms with E-state index in [0.717, 1.165) is 16.3 Å². The second-order valence-electron chi connectivity index (χ2n) is 8.42. The average Bonchev–Trinajstić information content (AvgIpc) is 2.90. The van der Waals surface area contributed by atoms with Crippen molar-refractivity contribution in [3.05, 3.63) is 94.5 Å². The Kier molecular flexibility index (Phi) is 9.97. The Labute approximate surface area is 228 Å².